The zero-order chi connectivity index (χ0) is 23.3. The molecule has 0 aliphatic carbocycles. The first kappa shape index (κ1) is 23.2. The minimum Gasteiger partial charge on any atom is -0.459 e. The van der Waals surface area contributed by atoms with Crippen LogP contribution in [0.25, 0.3) is 0 Å². The number of amides is 2. The molecule has 0 spiro atoms. The molecule has 32 heavy (non-hydrogen) atoms. The molecule has 2 aromatic carbocycles. The molecule has 7 nitrogen and oxygen atoms in total. The van der Waals surface area contributed by atoms with E-state index in [9.17, 15) is 18.8 Å². The van der Waals surface area contributed by atoms with Crippen LogP contribution in [0.2, 0.25) is 0 Å². The average Bonchev–Trinajstić information content (AvgIpc) is 2.73. The first-order valence-electron chi connectivity index (χ1n) is 10.5. The van der Waals surface area contributed by atoms with Crippen molar-refractivity contribution in [1.82, 2.24) is 4.90 Å². The van der Waals surface area contributed by atoms with Gasteiger partial charge in [0.15, 0.2) is 0 Å². The third-order valence-electron chi connectivity index (χ3n) is 4.83. The van der Waals surface area contributed by atoms with Crippen LogP contribution in [-0.4, -0.2) is 47.7 Å². The largest absolute Gasteiger partial charge is 0.459 e. The number of hydrogen-bond donors (Lipinski definition) is 1. The third-order valence-corrected chi connectivity index (χ3v) is 4.83. The van der Waals surface area contributed by atoms with Crippen LogP contribution in [0.15, 0.2) is 48.5 Å². The van der Waals surface area contributed by atoms with E-state index in [2.05, 4.69) is 5.32 Å². The van der Waals surface area contributed by atoms with Gasteiger partial charge < -0.3 is 19.7 Å². The molecule has 2 amide bonds. The summed E-state index contributed by atoms with van der Waals surface area (Å²) in [4.78, 5) is 38.4. The van der Waals surface area contributed by atoms with Gasteiger partial charge in [-0.1, -0.05) is 6.07 Å². The second kappa shape index (κ2) is 9.80. The average molecular weight is 442 g/mol. The lowest BCUT2D eigenvalue weighted by atomic mass is 10.1. The molecule has 1 heterocycles. The second-order valence-corrected chi connectivity index (χ2v) is 8.61. The first-order valence-corrected chi connectivity index (χ1v) is 10.5. The Balaban J connectivity index is 1.49. The summed E-state index contributed by atoms with van der Waals surface area (Å²) >= 11 is 0. The first-order chi connectivity index (χ1) is 15.1. The minimum absolute atomic E-state index is 0.200. The molecular formula is C24H27FN2O5. The molecule has 1 fully saturated rings. The number of carbonyl (C=O) groups excluding carboxylic acids is 3. The van der Waals surface area contributed by atoms with Crippen molar-refractivity contribution in [2.75, 3.05) is 18.4 Å². The van der Waals surface area contributed by atoms with Crippen LogP contribution >= 0.6 is 0 Å². The van der Waals surface area contributed by atoms with Gasteiger partial charge in [-0.2, -0.15) is 0 Å². The number of halogens is 1. The van der Waals surface area contributed by atoms with Gasteiger partial charge in [0.1, 0.15) is 17.5 Å². The number of rotatable bonds is 4. The SMILES string of the molecule is CC(C)(C)OC(=O)N1CCC(OC(=O)c2ccc(NC(=O)c3cccc(F)c3)cc2)CC1. The molecule has 0 unspecified atom stereocenters. The second-order valence-electron chi connectivity index (χ2n) is 8.61. The van der Waals surface area contributed by atoms with E-state index in [1.54, 1.807) is 29.2 Å². The quantitative estimate of drug-likeness (QED) is 0.698. The molecule has 1 aliphatic heterocycles. The smallest absolute Gasteiger partial charge is 0.410 e. The van der Waals surface area contributed by atoms with Crippen molar-refractivity contribution in [1.29, 1.82) is 0 Å². The molecule has 8 heteroatoms. The van der Waals surface area contributed by atoms with E-state index in [0.29, 0.717) is 37.2 Å². The van der Waals surface area contributed by atoms with Gasteiger partial charge in [0.05, 0.1) is 5.56 Å². The highest BCUT2D eigenvalue weighted by Crippen LogP contribution is 2.19. The fourth-order valence-corrected chi connectivity index (χ4v) is 3.22. The standard InChI is InChI=1S/C24H27FN2O5/c1-24(2,3)32-23(30)27-13-11-20(12-14-27)31-22(29)16-7-9-19(10-8-16)26-21(28)17-5-4-6-18(25)15-17/h4-10,15,20H,11-14H2,1-3H3,(H,26,28). The van der Waals surface area contributed by atoms with Gasteiger partial charge >= 0.3 is 12.1 Å². The fraction of sp³-hybridized carbons (Fsp3) is 0.375. The number of nitrogens with zero attached hydrogens (tertiary/aromatic N) is 1. The lowest BCUT2D eigenvalue weighted by Crippen LogP contribution is -2.43. The van der Waals surface area contributed by atoms with Gasteiger partial charge in [-0.3, -0.25) is 4.79 Å². The number of anilines is 1. The summed E-state index contributed by atoms with van der Waals surface area (Å²) in [7, 11) is 0. The normalized spacial score (nSPS) is 14.6. The van der Waals surface area contributed by atoms with Gasteiger partial charge in [-0.05, 0) is 63.2 Å². The van der Waals surface area contributed by atoms with Crippen molar-refractivity contribution in [3.8, 4) is 0 Å². The van der Waals surface area contributed by atoms with Crippen LogP contribution in [0.4, 0.5) is 14.9 Å². The van der Waals surface area contributed by atoms with Crippen molar-refractivity contribution in [2.45, 2.75) is 45.3 Å². The number of likely N-dealkylation sites (tertiary alicyclic amines) is 1. The van der Waals surface area contributed by atoms with Gasteiger partial charge in [-0.25, -0.2) is 14.0 Å². The fourth-order valence-electron chi connectivity index (χ4n) is 3.22. The number of esters is 1. The van der Waals surface area contributed by atoms with Crippen LogP contribution in [0.5, 0.6) is 0 Å². The van der Waals surface area contributed by atoms with E-state index in [1.165, 1.54) is 18.2 Å². The number of carbonyl (C=O) groups is 3. The Morgan fingerprint density at radius 3 is 2.25 bits per heavy atom. The molecule has 1 aliphatic rings. The molecule has 0 atom stereocenters. The predicted octanol–water partition coefficient (Wildman–Crippen LogP) is 4.63. The highest BCUT2D eigenvalue weighted by molar-refractivity contribution is 6.04. The Morgan fingerprint density at radius 2 is 1.66 bits per heavy atom. The minimum atomic E-state index is -0.552. The Kier molecular flexibility index (Phi) is 7.12. The van der Waals surface area contributed by atoms with E-state index in [0.717, 1.165) is 6.07 Å². The Hall–Kier alpha value is -3.42. The lowest BCUT2D eigenvalue weighted by Gasteiger charge is -2.33. The van der Waals surface area contributed by atoms with E-state index in [-0.39, 0.29) is 17.8 Å². The van der Waals surface area contributed by atoms with Crippen LogP contribution in [0.1, 0.15) is 54.3 Å². The predicted molar refractivity (Wildman–Crippen MR) is 117 cm³/mol. The number of ether oxygens (including phenoxy) is 2. The van der Waals surface area contributed by atoms with Crippen molar-refractivity contribution in [2.24, 2.45) is 0 Å². The van der Waals surface area contributed by atoms with Crippen LogP contribution in [0, 0.1) is 5.82 Å². The number of benzene rings is 2. The third kappa shape index (κ3) is 6.54. The summed E-state index contributed by atoms with van der Waals surface area (Å²) < 4.78 is 24.2. The summed E-state index contributed by atoms with van der Waals surface area (Å²) in [6, 6.07) is 11.7. The van der Waals surface area contributed by atoms with Gasteiger partial charge in [0.2, 0.25) is 0 Å². The Morgan fingerprint density at radius 1 is 1.00 bits per heavy atom. The zero-order valence-electron chi connectivity index (χ0n) is 18.4. The van der Waals surface area contributed by atoms with Crippen LogP contribution in [-0.2, 0) is 9.47 Å². The summed E-state index contributed by atoms with van der Waals surface area (Å²) in [5.74, 6) is -1.41. The molecule has 3 rings (SSSR count). The van der Waals surface area contributed by atoms with Crippen molar-refractivity contribution in [3.05, 3.63) is 65.5 Å². The van der Waals surface area contributed by atoms with E-state index >= 15 is 0 Å². The molecule has 0 aromatic heterocycles. The Labute approximate surface area is 186 Å². The highest BCUT2D eigenvalue weighted by atomic mass is 19.1. The maximum absolute atomic E-state index is 13.3. The van der Waals surface area contributed by atoms with Crippen molar-refractivity contribution in [3.63, 3.8) is 0 Å². The molecule has 1 N–H and O–H groups in total. The Bertz CT molecular complexity index is 977. The van der Waals surface area contributed by atoms with E-state index < -0.39 is 23.3 Å². The molecule has 170 valence electrons. The van der Waals surface area contributed by atoms with E-state index in [4.69, 9.17) is 9.47 Å². The van der Waals surface area contributed by atoms with E-state index in [1.807, 2.05) is 20.8 Å². The van der Waals surface area contributed by atoms with Gasteiger partial charge in [0.25, 0.3) is 5.91 Å². The summed E-state index contributed by atoms with van der Waals surface area (Å²) in [6.07, 6.45) is 0.422. The monoisotopic (exact) mass is 442 g/mol. The number of piperidine rings is 1. The summed E-state index contributed by atoms with van der Waals surface area (Å²) in [6.45, 7) is 6.36. The maximum Gasteiger partial charge on any atom is 0.410 e. The van der Waals surface area contributed by atoms with Crippen LogP contribution < -0.4 is 5.32 Å². The lowest BCUT2D eigenvalue weighted by molar-refractivity contribution is -0.00341. The molecular weight excluding hydrogens is 415 g/mol. The molecule has 0 radical (unpaired) electrons. The molecule has 2 aromatic rings. The summed E-state index contributed by atoms with van der Waals surface area (Å²) in [5.41, 5.74) is 0.472. The molecule has 1 saturated heterocycles. The number of nitrogens with one attached hydrogen (secondary N) is 1. The molecule has 0 saturated carbocycles. The van der Waals surface area contributed by atoms with Crippen molar-refractivity contribution < 1.29 is 28.2 Å². The topological polar surface area (TPSA) is 84.9 Å². The van der Waals surface area contributed by atoms with Gasteiger partial charge in [-0.15, -0.1) is 0 Å². The maximum atomic E-state index is 13.3. The molecule has 0 bridgehead atoms. The van der Waals surface area contributed by atoms with Crippen LogP contribution in [0.3, 0.4) is 0 Å². The highest BCUT2D eigenvalue weighted by Gasteiger charge is 2.28. The number of hydrogen-bond acceptors (Lipinski definition) is 5. The van der Waals surface area contributed by atoms with Gasteiger partial charge in [0, 0.05) is 37.2 Å². The zero-order valence-corrected chi connectivity index (χ0v) is 18.4. The summed E-state index contributed by atoms with van der Waals surface area (Å²) in [5, 5.41) is 2.66. The van der Waals surface area contributed by atoms with Crippen molar-refractivity contribution >= 4 is 23.7 Å².